The van der Waals surface area contributed by atoms with Crippen LogP contribution in [0.5, 0.6) is 5.75 Å². The molecule has 2 heterocycles. The Morgan fingerprint density at radius 2 is 2.26 bits per heavy atom. The molecule has 3 rings (SSSR count). The lowest BCUT2D eigenvalue weighted by Crippen LogP contribution is -2.17. The number of thiazole rings is 1. The Morgan fingerprint density at radius 3 is 2.96 bits per heavy atom. The van der Waals surface area contributed by atoms with Gasteiger partial charge in [-0.15, -0.1) is 11.3 Å². The molecule has 0 amide bonds. The van der Waals surface area contributed by atoms with Gasteiger partial charge in [0.25, 0.3) is 0 Å². The molecule has 1 saturated heterocycles. The minimum absolute atomic E-state index is 0.0395. The average molecular weight is 330 g/mol. The second-order valence-electron chi connectivity index (χ2n) is 6.23. The summed E-state index contributed by atoms with van der Waals surface area (Å²) in [5, 5.41) is 2.92. The van der Waals surface area contributed by atoms with Crippen molar-refractivity contribution in [2.24, 2.45) is 0 Å². The first-order valence-corrected chi connectivity index (χ1v) is 8.89. The van der Waals surface area contributed by atoms with Gasteiger partial charge in [0.2, 0.25) is 5.78 Å². The van der Waals surface area contributed by atoms with Crippen molar-refractivity contribution in [3.8, 4) is 5.75 Å². The zero-order valence-electron chi connectivity index (χ0n) is 13.8. The Labute approximate surface area is 141 Å². The highest BCUT2D eigenvalue weighted by Gasteiger charge is 2.26. The SMILES string of the molecule is CC(C)Oc1cccc(C(=O)c2csc([C@@H]3CCCN3C)n2)c1. The van der Waals surface area contributed by atoms with Crippen LogP contribution in [0.2, 0.25) is 0 Å². The van der Waals surface area contributed by atoms with Crippen molar-refractivity contribution in [1.29, 1.82) is 0 Å². The lowest BCUT2D eigenvalue weighted by molar-refractivity contribution is 0.103. The predicted molar refractivity (Wildman–Crippen MR) is 92.4 cm³/mol. The maximum Gasteiger partial charge on any atom is 0.212 e. The van der Waals surface area contributed by atoms with Crippen LogP contribution in [0.3, 0.4) is 0 Å². The second kappa shape index (κ2) is 6.81. The second-order valence-corrected chi connectivity index (χ2v) is 7.12. The van der Waals surface area contributed by atoms with E-state index >= 15 is 0 Å². The number of ether oxygens (including phenoxy) is 1. The van der Waals surface area contributed by atoms with E-state index in [4.69, 9.17) is 4.74 Å². The molecule has 5 heteroatoms. The molecule has 0 bridgehead atoms. The van der Waals surface area contributed by atoms with Crippen LogP contribution in [0, 0.1) is 0 Å². The van der Waals surface area contributed by atoms with E-state index in [9.17, 15) is 4.79 Å². The monoisotopic (exact) mass is 330 g/mol. The Morgan fingerprint density at radius 1 is 1.43 bits per heavy atom. The van der Waals surface area contributed by atoms with Gasteiger partial charge in [0.15, 0.2) is 0 Å². The van der Waals surface area contributed by atoms with Crippen LogP contribution in [0.15, 0.2) is 29.6 Å². The largest absolute Gasteiger partial charge is 0.491 e. The number of rotatable bonds is 5. The Bertz CT molecular complexity index is 696. The maximum atomic E-state index is 12.7. The molecule has 4 nitrogen and oxygen atoms in total. The smallest absolute Gasteiger partial charge is 0.212 e. The van der Waals surface area contributed by atoms with Crippen LogP contribution in [-0.2, 0) is 0 Å². The molecule has 1 aliphatic heterocycles. The highest BCUT2D eigenvalue weighted by Crippen LogP contribution is 2.32. The van der Waals surface area contributed by atoms with Gasteiger partial charge in [-0.1, -0.05) is 12.1 Å². The summed E-state index contributed by atoms with van der Waals surface area (Å²) in [6.07, 6.45) is 2.40. The van der Waals surface area contributed by atoms with Gasteiger partial charge in [0.05, 0.1) is 12.1 Å². The standard InChI is InChI=1S/C18H22N2O2S/c1-12(2)22-14-7-4-6-13(10-14)17(21)15-11-23-18(19-15)16-8-5-9-20(16)3/h4,6-7,10-12,16H,5,8-9H2,1-3H3/t16-/m0/s1. The van der Waals surface area contributed by atoms with Crippen LogP contribution in [-0.4, -0.2) is 35.4 Å². The number of hydrogen-bond acceptors (Lipinski definition) is 5. The van der Waals surface area contributed by atoms with Crippen LogP contribution < -0.4 is 4.74 Å². The first-order valence-electron chi connectivity index (χ1n) is 8.01. The lowest BCUT2D eigenvalue weighted by atomic mass is 10.1. The maximum absolute atomic E-state index is 12.7. The molecule has 1 aromatic heterocycles. The normalized spacial score (nSPS) is 18.5. The van der Waals surface area contributed by atoms with Crippen LogP contribution in [0.25, 0.3) is 0 Å². The minimum atomic E-state index is -0.0395. The number of benzene rings is 1. The number of nitrogens with zero attached hydrogens (tertiary/aromatic N) is 2. The van der Waals surface area contributed by atoms with Gasteiger partial charge in [-0.05, 0) is 52.4 Å². The average Bonchev–Trinajstić information content (AvgIpc) is 3.14. The molecule has 122 valence electrons. The van der Waals surface area contributed by atoms with Gasteiger partial charge in [0, 0.05) is 10.9 Å². The minimum Gasteiger partial charge on any atom is -0.491 e. The Balaban J connectivity index is 1.79. The van der Waals surface area contributed by atoms with Crippen molar-refractivity contribution in [2.45, 2.75) is 38.8 Å². The van der Waals surface area contributed by atoms with E-state index in [0.29, 0.717) is 17.3 Å². The number of ketones is 1. The number of carbonyl (C=O) groups excluding carboxylic acids is 1. The topological polar surface area (TPSA) is 42.4 Å². The summed E-state index contributed by atoms with van der Waals surface area (Å²) < 4.78 is 5.66. The number of likely N-dealkylation sites (tertiary alicyclic amines) is 1. The van der Waals surface area contributed by atoms with E-state index in [-0.39, 0.29) is 11.9 Å². The number of aromatic nitrogens is 1. The molecule has 2 aromatic rings. The summed E-state index contributed by atoms with van der Waals surface area (Å²) >= 11 is 1.58. The third-order valence-corrected chi connectivity index (χ3v) is 4.97. The summed E-state index contributed by atoms with van der Waals surface area (Å²) in [5.74, 6) is 0.680. The lowest BCUT2D eigenvalue weighted by Gasteiger charge is -2.16. The van der Waals surface area contributed by atoms with Crippen LogP contribution in [0.4, 0.5) is 0 Å². The fraction of sp³-hybridized carbons (Fsp3) is 0.444. The highest BCUT2D eigenvalue weighted by molar-refractivity contribution is 7.10. The van der Waals surface area contributed by atoms with Crippen LogP contribution in [0.1, 0.15) is 53.8 Å². The van der Waals surface area contributed by atoms with Gasteiger partial charge in [-0.25, -0.2) is 4.98 Å². The van der Waals surface area contributed by atoms with Crippen molar-refractivity contribution in [3.05, 3.63) is 45.9 Å². The van der Waals surface area contributed by atoms with E-state index < -0.39 is 0 Å². The molecule has 23 heavy (non-hydrogen) atoms. The molecule has 0 unspecified atom stereocenters. The van der Waals surface area contributed by atoms with Gasteiger partial charge in [-0.3, -0.25) is 9.69 Å². The van der Waals surface area contributed by atoms with Gasteiger partial charge < -0.3 is 4.74 Å². The molecule has 1 fully saturated rings. The molecule has 0 spiro atoms. The first kappa shape index (κ1) is 16.1. The Kier molecular flexibility index (Phi) is 4.78. The summed E-state index contributed by atoms with van der Waals surface area (Å²) in [7, 11) is 2.12. The quantitative estimate of drug-likeness (QED) is 0.779. The van der Waals surface area contributed by atoms with Gasteiger partial charge in [-0.2, -0.15) is 0 Å². The third kappa shape index (κ3) is 3.62. The Hall–Kier alpha value is -1.72. The van der Waals surface area contributed by atoms with Crippen molar-refractivity contribution in [2.75, 3.05) is 13.6 Å². The van der Waals surface area contributed by atoms with Gasteiger partial charge in [0.1, 0.15) is 16.5 Å². The van der Waals surface area contributed by atoms with E-state index in [0.717, 1.165) is 23.7 Å². The molecule has 0 aliphatic carbocycles. The summed E-state index contributed by atoms with van der Waals surface area (Å²) in [5.41, 5.74) is 1.16. The third-order valence-electron chi connectivity index (χ3n) is 4.03. The highest BCUT2D eigenvalue weighted by atomic mass is 32.1. The number of hydrogen-bond donors (Lipinski definition) is 0. The van der Waals surface area contributed by atoms with Crippen LogP contribution >= 0.6 is 11.3 Å². The molecular formula is C18H22N2O2S. The molecule has 0 N–H and O–H groups in total. The zero-order chi connectivity index (χ0) is 16.4. The van der Waals surface area contributed by atoms with E-state index in [2.05, 4.69) is 16.9 Å². The van der Waals surface area contributed by atoms with Crippen molar-refractivity contribution in [1.82, 2.24) is 9.88 Å². The fourth-order valence-electron chi connectivity index (χ4n) is 2.90. The molecule has 1 atom stereocenters. The van der Waals surface area contributed by atoms with Crippen molar-refractivity contribution in [3.63, 3.8) is 0 Å². The fourth-order valence-corrected chi connectivity index (χ4v) is 3.90. The van der Waals surface area contributed by atoms with Gasteiger partial charge >= 0.3 is 0 Å². The molecule has 0 saturated carbocycles. The molecule has 1 aliphatic rings. The van der Waals surface area contributed by atoms with E-state index in [1.165, 1.54) is 6.42 Å². The molecule has 0 radical (unpaired) electrons. The molecular weight excluding hydrogens is 308 g/mol. The predicted octanol–water partition coefficient (Wildman–Crippen LogP) is 3.93. The van der Waals surface area contributed by atoms with E-state index in [1.807, 2.05) is 37.4 Å². The summed E-state index contributed by atoms with van der Waals surface area (Å²) in [6, 6.07) is 7.69. The first-order chi connectivity index (χ1) is 11.0. The summed E-state index contributed by atoms with van der Waals surface area (Å²) in [6.45, 7) is 5.04. The zero-order valence-corrected chi connectivity index (χ0v) is 14.6. The van der Waals surface area contributed by atoms with Crippen molar-refractivity contribution >= 4 is 17.1 Å². The van der Waals surface area contributed by atoms with E-state index in [1.54, 1.807) is 17.4 Å². The number of carbonyl (C=O) groups is 1. The van der Waals surface area contributed by atoms with Crippen molar-refractivity contribution < 1.29 is 9.53 Å². The summed E-state index contributed by atoms with van der Waals surface area (Å²) in [4.78, 5) is 19.6. The molecule has 1 aromatic carbocycles.